The molecule has 1 aliphatic rings. The number of aryl methyl sites for hydroxylation is 1. The Kier molecular flexibility index (Phi) is 11.1. The van der Waals surface area contributed by atoms with Crippen molar-refractivity contribution in [2.24, 2.45) is 5.92 Å². The summed E-state index contributed by atoms with van der Waals surface area (Å²) in [5.41, 5.74) is 2.14. The van der Waals surface area contributed by atoms with E-state index in [0.717, 1.165) is 5.56 Å². The van der Waals surface area contributed by atoms with Crippen LogP contribution in [0.15, 0.2) is 47.5 Å². The molecule has 2 atom stereocenters. The van der Waals surface area contributed by atoms with Crippen LogP contribution >= 0.6 is 0 Å². The van der Waals surface area contributed by atoms with E-state index in [2.05, 4.69) is 25.9 Å². The molecule has 12 nitrogen and oxygen atoms in total. The topological polar surface area (TPSA) is 158 Å². The van der Waals surface area contributed by atoms with Gasteiger partial charge in [-0.15, -0.1) is 0 Å². The van der Waals surface area contributed by atoms with Gasteiger partial charge >= 0.3 is 5.69 Å². The van der Waals surface area contributed by atoms with Gasteiger partial charge in [-0.25, -0.2) is 4.79 Å². The lowest BCUT2D eigenvalue weighted by molar-refractivity contribution is -0.131. The number of aromatic nitrogens is 3. The number of nitrogens with zero attached hydrogens (tertiary/aromatic N) is 3. The molecule has 43 heavy (non-hydrogen) atoms. The van der Waals surface area contributed by atoms with Crippen molar-refractivity contribution in [3.05, 3.63) is 64.3 Å². The molecule has 3 heterocycles. The normalized spacial score (nSPS) is 18.8. The van der Waals surface area contributed by atoms with Gasteiger partial charge in [-0.2, -0.15) is 0 Å². The van der Waals surface area contributed by atoms with Crippen molar-refractivity contribution in [3.63, 3.8) is 0 Å². The van der Waals surface area contributed by atoms with Crippen LogP contribution in [0, 0.1) is 5.92 Å². The second-order valence-corrected chi connectivity index (χ2v) is 11.0. The minimum atomic E-state index is -0.689. The smallest absolute Gasteiger partial charge is 0.326 e. The van der Waals surface area contributed by atoms with Crippen molar-refractivity contribution < 1.29 is 19.2 Å². The van der Waals surface area contributed by atoms with Crippen LogP contribution in [0.5, 0.6) is 0 Å². The molecule has 2 bridgehead atoms. The fourth-order valence-electron chi connectivity index (χ4n) is 5.18. The van der Waals surface area contributed by atoms with Crippen LogP contribution in [0.4, 0.5) is 0 Å². The first-order chi connectivity index (χ1) is 20.8. The van der Waals surface area contributed by atoms with Crippen molar-refractivity contribution in [2.75, 3.05) is 26.2 Å². The van der Waals surface area contributed by atoms with Crippen molar-refractivity contribution in [3.8, 4) is 0 Å². The van der Waals surface area contributed by atoms with Crippen LogP contribution in [0.2, 0.25) is 0 Å². The molecule has 0 spiro atoms. The number of aromatic amines is 1. The summed E-state index contributed by atoms with van der Waals surface area (Å²) in [4.78, 5) is 73.3. The number of H-pyrrole nitrogens is 1. The highest BCUT2D eigenvalue weighted by Crippen LogP contribution is 2.14. The molecule has 3 aromatic rings. The number of carbonyl (C=O) groups is 4. The number of imidazole rings is 1. The molecular formula is C31H41N7O5. The van der Waals surface area contributed by atoms with Gasteiger partial charge in [-0.3, -0.25) is 28.7 Å². The predicted octanol–water partition coefficient (Wildman–Crippen LogP) is 1.75. The van der Waals surface area contributed by atoms with E-state index >= 15 is 0 Å². The molecule has 4 rings (SSSR count). The molecule has 4 N–H and O–H groups in total. The Hall–Kier alpha value is -4.48. The molecule has 0 saturated carbocycles. The van der Waals surface area contributed by atoms with E-state index < -0.39 is 6.04 Å². The number of carbonyl (C=O) groups excluding carboxylic acids is 4. The Morgan fingerprint density at radius 1 is 1.02 bits per heavy atom. The van der Waals surface area contributed by atoms with E-state index in [9.17, 15) is 24.0 Å². The van der Waals surface area contributed by atoms with Gasteiger partial charge in [0.15, 0.2) is 0 Å². The molecule has 1 aliphatic heterocycles. The molecule has 0 radical (unpaired) electrons. The number of nitrogens with one attached hydrogen (secondary N) is 4. The lowest BCUT2D eigenvalue weighted by atomic mass is 9.98. The average molecular weight is 592 g/mol. The Labute approximate surface area is 250 Å². The molecule has 12 heteroatoms. The Morgan fingerprint density at radius 2 is 1.79 bits per heavy atom. The van der Waals surface area contributed by atoms with Gasteiger partial charge in [0.1, 0.15) is 6.04 Å². The average Bonchev–Trinajstić information content (AvgIpc) is 3.32. The number of hydrogen-bond acceptors (Lipinski definition) is 6. The third-order valence-corrected chi connectivity index (χ3v) is 7.86. The molecule has 2 aromatic heterocycles. The summed E-state index contributed by atoms with van der Waals surface area (Å²) in [6.07, 6.45) is 5.78. The standard InChI is InChI=1S/C31H41N7O5/c1-3-21(2)28-30(42)34-14-7-17-38-25-19-23(10-11-24(25)35-31(38)43)29(41)33-13-6-16-37(15-5-9-26(39)36-28)27(40)18-22-8-4-12-32-20-22/h4,8,10-12,19-21,28H,3,5-7,9,13-18H2,1-2H3,(H,33,41)(H,34,42)(H,35,43)(H,36,39)/t21-,28?/m0/s1. The third kappa shape index (κ3) is 8.52. The quantitative estimate of drug-likeness (QED) is 0.362. The van der Waals surface area contributed by atoms with Crippen LogP contribution in [0.25, 0.3) is 11.0 Å². The SMILES string of the molecule is CC[C@H](C)C1NC(=O)CCCN(C(=O)Cc2cccnc2)CCCNC(=O)c2ccc3[nH]c(=O)n(c3c2)CCCNC1=O. The van der Waals surface area contributed by atoms with Gasteiger partial charge in [0.05, 0.1) is 17.5 Å². The van der Waals surface area contributed by atoms with Crippen LogP contribution in [-0.2, 0) is 27.3 Å². The molecule has 0 aliphatic carbocycles. The maximum absolute atomic E-state index is 13.2. The number of fused-ring (bicyclic) bond motifs is 1. The zero-order valence-corrected chi connectivity index (χ0v) is 24.9. The lowest BCUT2D eigenvalue weighted by Gasteiger charge is -2.25. The fraction of sp³-hybridized carbons (Fsp3) is 0.484. The van der Waals surface area contributed by atoms with Gasteiger partial charge in [0.25, 0.3) is 5.91 Å². The highest BCUT2D eigenvalue weighted by Gasteiger charge is 2.26. The Morgan fingerprint density at radius 3 is 2.56 bits per heavy atom. The molecular weight excluding hydrogens is 550 g/mol. The van der Waals surface area contributed by atoms with E-state index in [1.807, 2.05) is 19.9 Å². The summed E-state index contributed by atoms with van der Waals surface area (Å²) < 4.78 is 1.56. The number of rotatable bonds is 4. The number of hydrogen-bond donors (Lipinski definition) is 4. The second kappa shape index (κ2) is 15.1. The second-order valence-electron chi connectivity index (χ2n) is 11.0. The number of benzene rings is 1. The van der Waals surface area contributed by atoms with Gasteiger partial charge in [0, 0.05) is 57.1 Å². The van der Waals surface area contributed by atoms with Crippen molar-refractivity contribution in [1.82, 2.24) is 35.4 Å². The van der Waals surface area contributed by atoms with Crippen molar-refractivity contribution in [1.29, 1.82) is 0 Å². The van der Waals surface area contributed by atoms with Gasteiger partial charge in [-0.1, -0.05) is 26.3 Å². The molecule has 1 aromatic carbocycles. The first-order valence-electron chi connectivity index (χ1n) is 15.0. The highest BCUT2D eigenvalue weighted by molar-refractivity contribution is 5.97. The van der Waals surface area contributed by atoms with E-state index in [-0.39, 0.29) is 48.1 Å². The summed E-state index contributed by atoms with van der Waals surface area (Å²) >= 11 is 0. The maximum atomic E-state index is 13.2. The monoisotopic (exact) mass is 591 g/mol. The largest absolute Gasteiger partial charge is 0.354 e. The first kappa shape index (κ1) is 31.5. The van der Waals surface area contributed by atoms with Gasteiger partial charge < -0.3 is 25.8 Å². The van der Waals surface area contributed by atoms with Crippen molar-refractivity contribution >= 4 is 34.7 Å². The zero-order valence-electron chi connectivity index (χ0n) is 24.9. The summed E-state index contributed by atoms with van der Waals surface area (Å²) in [5.74, 6) is -0.971. The highest BCUT2D eigenvalue weighted by atomic mass is 16.2. The zero-order chi connectivity index (χ0) is 30.8. The lowest BCUT2D eigenvalue weighted by Crippen LogP contribution is -2.50. The van der Waals surface area contributed by atoms with Crippen LogP contribution in [-0.4, -0.2) is 75.3 Å². The van der Waals surface area contributed by atoms with Gasteiger partial charge in [-0.05, 0) is 55.0 Å². The van der Waals surface area contributed by atoms with E-state index in [1.54, 1.807) is 46.1 Å². The number of pyridine rings is 1. The molecule has 0 fully saturated rings. The summed E-state index contributed by atoms with van der Waals surface area (Å²) in [7, 11) is 0. The first-order valence-corrected chi connectivity index (χ1v) is 15.0. The summed E-state index contributed by atoms with van der Waals surface area (Å²) in [6, 6.07) is 7.98. The molecule has 230 valence electrons. The molecule has 1 unspecified atom stereocenters. The van der Waals surface area contributed by atoms with E-state index in [4.69, 9.17) is 0 Å². The number of amides is 4. The Balaban J connectivity index is 1.53. The minimum Gasteiger partial charge on any atom is -0.354 e. The van der Waals surface area contributed by atoms with Gasteiger partial charge in [0.2, 0.25) is 17.7 Å². The predicted molar refractivity (Wildman–Crippen MR) is 162 cm³/mol. The van der Waals surface area contributed by atoms with Crippen LogP contribution in [0.3, 0.4) is 0 Å². The Bertz CT molecular complexity index is 1480. The minimum absolute atomic E-state index is 0.0807. The fourth-order valence-corrected chi connectivity index (χ4v) is 5.18. The summed E-state index contributed by atoms with van der Waals surface area (Å²) in [6.45, 7) is 5.65. The van der Waals surface area contributed by atoms with Crippen molar-refractivity contribution in [2.45, 2.75) is 65.0 Å². The molecule has 0 saturated heterocycles. The van der Waals surface area contributed by atoms with E-state index in [0.29, 0.717) is 75.0 Å². The van der Waals surface area contributed by atoms with E-state index in [1.165, 1.54) is 0 Å². The third-order valence-electron chi connectivity index (χ3n) is 7.86. The van der Waals surface area contributed by atoms with Crippen LogP contribution < -0.4 is 21.6 Å². The maximum Gasteiger partial charge on any atom is 0.326 e. The van der Waals surface area contributed by atoms with Crippen LogP contribution in [0.1, 0.15) is 61.9 Å². The summed E-state index contributed by atoms with van der Waals surface area (Å²) in [5, 5.41) is 8.70. The molecule has 4 amide bonds.